The van der Waals surface area contributed by atoms with Crippen LogP contribution in [0.15, 0.2) is 24.3 Å². The Morgan fingerprint density at radius 1 is 0.973 bits per heavy atom. The second-order valence-corrected chi connectivity index (χ2v) is 9.91. The van der Waals surface area contributed by atoms with E-state index in [1.54, 1.807) is 35.5 Å². The van der Waals surface area contributed by atoms with Crippen molar-refractivity contribution in [3.8, 4) is 34.8 Å². The normalized spacial score (nSPS) is 17.6. The lowest BCUT2D eigenvalue weighted by molar-refractivity contribution is 0.190. The molecule has 1 aliphatic heterocycles. The van der Waals surface area contributed by atoms with Crippen molar-refractivity contribution in [3.05, 3.63) is 41.0 Å². The fraction of sp³-hybridized carbons (Fsp3) is 0.567. The van der Waals surface area contributed by atoms with Gasteiger partial charge >= 0.3 is 0 Å². The van der Waals surface area contributed by atoms with Crippen LogP contribution < -0.4 is 23.7 Å². The van der Waals surface area contributed by atoms with E-state index in [2.05, 4.69) is 37.9 Å². The van der Waals surface area contributed by atoms with Gasteiger partial charge in [0, 0.05) is 18.2 Å². The summed E-state index contributed by atoms with van der Waals surface area (Å²) in [6.07, 6.45) is 4.50. The lowest BCUT2D eigenvalue weighted by Crippen LogP contribution is -2.38. The van der Waals surface area contributed by atoms with Crippen LogP contribution in [0.25, 0.3) is 0 Å². The van der Waals surface area contributed by atoms with Gasteiger partial charge < -0.3 is 23.7 Å². The molecule has 1 heterocycles. The number of fused-ring (bicyclic) bond motifs is 1. The molecule has 1 aliphatic rings. The molecule has 0 N–H and O–H groups in total. The lowest BCUT2D eigenvalue weighted by atomic mass is 9.67. The van der Waals surface area contributed by atoms with Crippen molar-refractivity contribution < 1.29 is 23.7 Å². The molecule has 3 atom stereocenters. The summed E-state index contributed by atoms with van der Waals surface area (Å²) in [5, 5.41) is 10.5. The second kappa shape index (κ2) is 12.4. The predicted octanol–water partition coefficient (Wildman–Crippen LogP) is 5.76. The van der Waals surface area contributed by atoms with Crippen molar-refractivity contribution in [2.45, 2.75) is 64.0 Å². The number of nitriles is 1. The maximum absolute atomic E-state index is 10.5. The van der Waals surface area contributed by atoms with E-state index in [-0.39, 0.29) is 5.92 Å². The van der Waals surface area contributed by atoms with E-state index < -0.39 is 5.41 Å². The van der Waals surface area contributed by atoms with Crippen LogP contribution in [0.4, 0.5) is 0 Å². The SMILES string of the molecule is CCC(C)C(C#N)(CCCC1Cc2cc(OC)c(OC)c(OC)c2CN1C)c1ccc(OC)c(OC)c1. The molecule has 0 bridgehead atoms. The summed E-state index contributed by atoms with van der Waals surface area (Å²) in [7, 11) is 10.4. The summed E-state index contributed by atoms with van der Waals surface area (Å²) in [6, 6.07) is 11.1. The van der Waals surface area contributed by atoms with Crippen molar-refractivity contribution >= 4 is 0 Å². The molecule has 3 unspecified atom stereocenters. The predicted molar refractivity (Wildman–Crippen MR) is 145 cm³/mol. The monoisotopic (exact) mass is 510 g/mol. The van der Waals surface area contributed by atoms with Gasteiger partial charge in [-0.3, -0.25) is 4.90 Å². The summed E-state index contributed by atoms with van der Waals surface area (Å²) in [4.78, 5) is 2.38. The third kappa shape index (κ3) is 5.45. The minimum atomic E-state index is -0.598. The molecule has 0 fully saturated rings. The van der Waals surface area contributed by atoms with Crippen molar-refractivity contribution in [2.24, 2.45) is 5.92 Å². The van der Waals surface area contributed by atoms with Crippen molar-refractivity contribution in [3.63, 3.8) is 0 Å². The van der Waals surface area contributed by atoms with Crippen LogP contribution in [0.5, 0.6) is 28.7 Å². The Bertz CT molecular complexity index is 1110. The summed E-state index contributed by atoms with van der Waals surface area (Å²) in [5.41, 5.74) is 2.77. The second-order valence-electron chi connectivity index (χ2n) is 9.91. The molecule has 0 aliphatic carbocycles. The zero-order valence-electron chi connectivity index (χ0n) is 23.6. The number of hydrogen-bond donors (Lipinski definition) is 0. The molecule has 2 aromatic rings. The van der Waals surface area contributed by atoms with Gasteiger partial charge in [0.15, 0.2) is 23.0 Å². The molecule has 2 aromatic carbocycles. The quantitative estimate of drug-likeness (QED) is 0.359. The molecular weight excluding hydrogens is 468 g/mol. The third-order valence-electron chi connectivity index (χ3n) is 8.17. The molecule has 0 aromatic heterocycles. The average molecular weight is 511 g/mol. The smallest absolute Gasteiger partial charge is 0.203 e. The number of likely N-dealkylation sites (N-methyl/N-ethyl adjacent to an activating group) is 1. The molecule has 0 radical (unpaired) electrons. The van der Waals surface area contributed by atoms with Crippen molar-refractivity contribution in [2.75, 3.05) is 42.6 Å². The molecule has 202 valence electrons. The number of methoxy groups -OCH3 is 5. The van der Waals surface area contributed by atoms with Gasteiger partial charge in [0.2, 0.25) is 5.75 Å². The summed E-state index contributed by atoms with van der Waals surface area (Å²) < 4.78 is 27.9. The molecule has 0 spiro atoms. The Balaban J connectivity index is 1.84. The first-order valence-corrected chi connectivity index (χ1v) is 13.0. The van der Waals surface area contributed by atoms with Crippen molar-refractivity contribution in [1.29, 1.82) is 5.26 Å². The molecule has 0 saturated heterocycles. The van der Waals surface area contributed by atoms with E-state index in [9.17, 15) is 5.26 Å². The summed E-state index contributed by atoms with van der Waals surface area (Å²) in [6.45, 7) is 5.10. The fourth-order valence-corrected chi connectivity index (χ4v) is 5.72. The molecular formula is C30H42N2O5. The minimum Gasteiger partial charge on any atom is -0.493 e. The van der Waals surface area contributed by atoms with Crippen LogP contribution in [-0.2, 0) is 18.4 Å². The van der Waals surface area contributed by atoms with E-state index in [0.29, 0.717) is 29.0 Å². The maximum atomic E-state index is 10.5. The van der Waals surface area contributed by atoms with Gasteiger partial charge in [-0.05, 0) is 68.0 Å². The van der Waals surface area contributed by atoms with E-state index in [0.717, 1.165) is 55.5 Å². The fourth-order valence-electron chi connectivity index (χ4n) is 5.72. The number of hydrogen-bond acceptors (Lipinski definition) is 7. The van der Waals surface area contributed by atoms with Gasteiger partial charge in [0.25, 0.3) is 0 Å². The van der Waals surface area contributed by atoms with Crippen LogP contribution in [0.3, 0.4) is 0 Å². The van der Waals surface area contributed by atoms with E-state index in [1.165, 1.54) is 5.56 Å². The zero-order chi connectivity index (χ0) is 27.2. The first kappa shape index (κ1) is 28.5. The van der Waals surface area contributed by atoms with Crippen molar-refractivity contribution in [1.82, 2.24) is 4.90 Å². The largest absolute Gasteiger partial charge is 0.493 e. The van der Waals surface area contributed by atoms with E-state index in [4.69, 9.17) is 23.7 Å². The maximum Gasteiger partial charge on any atom is 0.203 e. The summed E-state index contributed by atoms with van der Waals surface area (Å²) >= 11 is 0. The van der Waals surface area contributed by atoms with Crippen LogP contribution in [-0.4, -0.2) is 53.5 Å². The van der Waals surface area contributed by atoms with Gasteiger partial charge in [0.05, 0.1) is 47.0 Å². The van der Waals surface area contributed by atoms with E-state index in [1.807, 2.05) is 18.2 Å². The number of rotatable bonds is 12. The van der Waals surface area contributed by atoms with Gasteiger partial charge in [-0.15, -0.1) is 0 Å². The number of ether oxygens (including phenoxy) is 5. The van der Waals surface area contributed by atoms with Crippen LogP contribution in [0.2, 0.25) is 0 Å². The Hall–Kier alpha value is -3.11. The highest BCUT2D eigenvalue weighted by molar-refractivity contribution is 5.60. The molecule has 0 amide bonds. The highest BCUT2D eigenvalue weighted by Gasteiger charge is 2.38. The standard InChI is InChI=1S/C30H42N2O5/c1-9-20(2)30(19-31,22-12-13-25(33-4)26(17-22)34-5)14-10-11-23-15-21-16-27(35-6)29(37-8)28(36-7)24(21)18-32(23)3/h12-13,16-17,20,23H,9-11,14-15,18H2,1-8H3. The number of nitrogens with zero attached hydrogens (tertiary/aromatic N) is 2. The van der Waals surface area contributed by atoms with Gasteiger partial charge in [-0.2, -0.15) is 5.26 Å². The Morgan fingerprint density at radius 2 is 1.65 bits per heavy atom. The summed E-state index contributed by atoms with van der Waals surface area (Å²) in [5.74, 6) is 3.60. The van der Waals surface area contributed by atoms with Crippen LogP contribution in [0.1, 0.15) is 56.2 Å². The molecule has 7 heteroatoms. The van der Waals surface area contributed by atoms with Crippen LogP contribution in [0, 0.1) is 17.2 Å². The highest BCUT2D eigenvalue weighted by atomic mass is 16.5. The minimum absolute atomic E-state index is 0.196. The third-order valence-corrected chi connectivity index (χ3v) is 8.17. The van der Waals surface area contributed by atoms with Crippen LogP contribution >= 0.6 is 0 Å². The topological polar surface area (TPSA) is 73.2 Å². The first-order valence-electron chi connectivity index (χ1n) is 13.0. The average Bonchev–Trinajstić information content (AvgIpc) is 2.93. The Labute approximate surface area is 222 Å². The highest BCUT2D eigenvalue weighted by Crippen LogP contribution is 2.46. The first-order chi connectivity index (χ1) is 17.8. The van der Waals surface area contributed by atoms with Gasteiger partial charge in [0.1, 0.15) is 0 Å². The molecule has 3 rings (SSSR count). The molecule has 37 heavy (non-hydrogen) atoms. The van der Waals surface area contributed by atoms with Gasteiger partial charge in [-0.1, -0.05) is 26.3 Å². The molecule has 7 nitrogen and oxygen atoms in total. The molecule has 0 saturated carbocycles. The number of benzene rings is 2. The Morgan fingerprint density at radius 3 is 2.22 bits per heavy atom. The van der Waals surface area contributed by atoms with Gasteiger partial charge in [-0.25, -0.2) is 0 Å². The lowest BCUT2D eigenvalue weighted by Gasteiger charge is -2.37. The van der Waals surface area contributed by atoms with E-state index >= 15 is 0 Å². The Kier molecular flexibility index (Phi) is 9.56. The zero-order valence-corrected chi connectivity index (χ0v) is 23.6.